The fourth-order valence-electron chi connectivity index (χ4n) is 1.61. The van der Waals surface area contributed by atoms with Crippen molar-refractivity contribution >= 4 is 11.4 Å². The van der Waals surface area contributed by atoms with Gasteiger partial charge in [-0.05, 0) is 36.8 Å². The number of aryl methyl sites for hydroxylation is 1. The van der Waals surface area contributed by atoms with Crippen LogP contribution in [0, 0.1) is 29.9 Å². The Bertz CT molecular complexity index is 630. The molecule has 0 heterocycles. The van der Waals surface area contributed by atoms with Gasteiger partial charge in [0.05, 0.1) is 11.4 Å². The van der Waals surface area contributed by atoms with E-state index in [1.165, 1.54) is 24.3 Å². The number of nitrogens with zero attached hydrogens (tertiary/aromatic N) is 1. The molecule has 0 spiro atoms. The summed E-state index contributed by atoms with van der Waals surface area (Å²) in [6.07, 6.45) is 0. The molecule has 0 fully saturated rings. The molecular weight excluding hydrogens is 234 g/mol. The fourth-order valence-corrected chi connectivity index (χ4v) is 1.61. The van der Waals surface area contributed by atoms with Gasteiger partial charge < -0.3 is 5.32 Å². The van der Waals surface area contributed by atoms with Gasteiger partial charge >= 0.3 is 0 Å². The molecule has 0 unspecified atom stereocenters. The van der Waals surface area contributed by atoms with E-state index in [2.05, 4.69) is 5.32 Å². The van der Waals surface area contributed by atoms with Gasteiger partial charge in [0.2, 0.25) is 0 Å². The van der Waals surface area contributed by atoms with Gasteiger partial charge in [-0.1, -0.05) is 12.1 Å². The lowest BCUT2D eigenvalue weighted by Crippen LogP contribution is -1.98. The van der Waals surface area contributed by atoms with Crippen LogP contribution in [0.15, 0.2) is 36.4 Å². The summed E-state index contributed by atoms with van der Waals surface area (Å²) in [7, 11) is 0. The van der Waals surface area contributed by atoms with Crippen LogP contribution in [0.1, 0.15) is 11.1 Å². The third-order valence-corrected chi connectivity index (χ3v) is 2.52. The molecule has 0 amide bonds. The summed E-state index contributed by atoms with van der Waals surface area (Å²) < 4.78 is 27.0. The van der Waals surface area contributed by atoms with Crippen LogP contribution >= 0.6 is 0 Å². The minimum atomic E-state index is -0.630. The highest BCUT2D eigenvalue weighted by Crippen LogP contribution is 2.24. The van der Waals surface area contributed by atoms with Crippen LogP contribution in [0.4, 0.5) is 20.2 Å². The van der Waals surface area contributed by atoms with Gasteiger partial charge in [0, 0.05) is 0 Å². The SMILES string of the molecule is Cc1ccc(Nc2cccc(F)c2C#N)c(F)c1. The van der Waals surface area contributed by atoms with Crippen molar-refractivity contribution in [2.75, 3.05) is 5.32 Å². The number of hydrogen-bond donors (Lipinski definition) is 1. The molecule has 0 aliphatic heterocycles. The molecular formula is C14H10F2N2. The van der Waals surface area contributed by atoms with Crippen molar-refractivity contribution < 1.29 is 8.78 Å². The molecule has 0 aliphatic rings. The van der Waals surface area contributed by atoms with Gasteiger partial charge in [0.25, 0.3) is 0 Å². The van der Waals surface area contributed by atoms with Crippen LogP contribution in [0.5, 0.6) is 0 Å². The topological polar surface area (TPSA) is 35.8 Å². The number of halogens is 2. The van der Waals surface area contributed by atoms with Crippen molar-refractivity contribution in [3.8, 4) is 6.07 Å². The Morgan fingerprint density at radius 1 is 1.06 bits per heavy atom. The molecule has 0 radical (unpaired) electrons. The zero-order valence-corrected chi connectivity index (χ0v) is 9.67. The Hall–Kier alpha value is -2.41. The van der Waals surface area contributed by atoms with E-state index in [4.69, 9.17) is 5.26 Å². The van der Waals surface area contributed by atoms with Crippen molar-refractivity contribution in [3.05, 3.63) is 59.2 Å². The Morgan fingerprint density at radius 3 is 2.50 bits per heavy atom. The molecule has 2 aromatic carbocycles. The summed E-state index contributed by atoms with van der Waals surface area (Å²) in [5.41, 5.74) is 1.12. The molecule has 0 bridgehead atoms. The Morgan fingerprint density at radius 2 is 1.83 bits per heavy atom. The second-order valence-corrected chi connectivity index (χ2v) is 3.88. The average molecular weight is 244 g/mol. The van der Waals surface area contributed by atoms with Crippen LogP contribution in [-0.4, -0.2) is 0 Å². The lowest BCUT2D eigenvalue weighted by molar-refractivity contribution is 0.623. The number of nitrogens with one attached hydrogen (secondary N) is 1. The fraction of sp³-hybridized carbons (Fsp3) is 0.0714. The standard InChI is InChI=1S/C14H10F2N2/c1-9-5-6-14(12(16)7-9)18-13-4-2-3-11(15)10(13)8-17/h2-7,18H,1H3. The minimum Gasteiger partial charge on any atom is -0.352 e. The van der Waals surface area contributed by atoms with Crippen molar-refractivity contribution in [2.24, 2.45) is 0 Å². The van der Waals surface area contributed by atoms with E-state index in [1.54, 1.807) is 25.1 Å². The smallest absolute Gasteiger partial charge is 0.146 e. The Balaban J connectivity index is 2.41. The minimum absolute atomic E-state index is 0.127. The van der Waals surface area contributed by atoms with Gasteiger partial charge in [-0.3, -0.25) is 0 Å². The number of anilines is 2. The van der Waals surface area contributed by atoms with Crippen LogP contribution in [0.25, 0.3) is 0 Å². The molecule has 0 aromatic heterocycles. The van der Waals surface area contributed by atoms with E-state index in [1.807, 2.05) is 0 Å². The number of benzene rings is 2. The predicted molar refractivity (Wildman–Crippen MR) is 65.5 cm³/mol. The van der Waals surface area contributed by atoms with Crippen LogP contribution < -0.4 is 5.32 Å². The predicted octanol–water partition coefficient (Wildman–Crippen LogP) is 3.89. The average Bonchev–Trinajstić information content (AvgIpc) is 2.33. The molecule has 90 valence electrons. The van der Waals surface area contributed by atoms with E-state index in [9.17, 15) is 8.78 Å². The summed E-state index contributed by atoms with van der Waals surface area (Å²) in [6.45, 7) is 1.77. The first-order chi connectivity index (χ1) is 8.61. The maximum absolute atomic E-state index is 13.6. The van der Waals surface area contributed by atoms with E-state index in [0.717, 1.165) is 5.56 Å². The molecule has 2 rings (SSSR count). The van der Waals surface area contributed by atoms with E-state index in [-0.39, 0.29) is 16.9 Å². The molecule has 2 aromatic rings. The van der Waals surface area contributed by atoms with Crippen molar-refractivity contribution in [3.63, 3.8) is 0 Å². The normalized spacial score (nSPS) is 9.89. The van der Waals surface area contributed by atoms with E-state index < -0.39 is 11.6 Å². The highest BCUT2D eigenvalue weighted by atomic mass is 19.1. The Labute approximate surface area is 103 Å². The maximum atomic E-state index is 13.6. The second-order valence-electron chi connectivity index (χ2n) is 3.88. The number of hydrogen-bond acceptors (Lipinski definition) is 2. The first-order valence-electron chi connectivity index (χ1n) is 5.33. The highest BCUT2D eigenvalue weighted by molar-refractivity contribution is 5.67. The summed E-state index contributed by atoms with van der Waals surface area (Å²) >= 11 is 0. The first-order valence-corrected chi connectivity index (χ1v) is 5.33. The monoisotopic (exact) mass is 244 g/mol. The lowest BCUT2D eigenvalue weighted by Gasteiger charge is -2.10. The molecule has 18 heavy (non-hydrogen) atoms. The second kappa shape index (κ2) is 4.84. The quantitative estimate of drug-likeness (QED) is 0.869. The van der Waals surface area contributed by atoms with Crippen LogP contribution in [-0.2, 0) is 0 Å². The van der Waals surface area contributed by atoms with Gasteiger partial charge in [-0.25, -0.2) is 8.78 Å². The molecule has 0 saturated carbocycles. The van der Waals surface area contributed by atoms with Crippen molar-refractivity contribution in [1.82, 2.24) is 0 Å². The molecule has 2 nitrogen and oxygen atoms in total. The highest BCUT2D eigenvalue weighted by Gasteiger charge is 2.09. The number of nitriles is 1. The van der Waals surface area contributed by atoms with Crippen LogP contribution in [0.2, 0.25) is 0 Å². The van der Waals surface area contributed by atoms with Gasteiger partial charge in [-0.2, -0.15) is 5.26 Å². The lowest BCUT2D eigenvalue weighted by atomic mass is 10.1. The largest absolute Gasteiger partial charge is 0.352 e. The summed E-state index contributed by atoms with van der Waals surface area (Å²) in [6, 6.07) is 10.6. The molecule has 0 atom stereocenters. The third-order valence-electron chi connectivity index (χ3n) is 2.52. The van der Waals surface area contributed by atoms with Gasteiger partial charge in [0.1, 0.15) is 23.3 Å². The van der Waals surface area contributed by atoms with Crippen molar-refractivity contribution in [1.29, 1.82) is 5.26 Å². The van der Waals surface area contributed by atoms with Crippen LogP contribution in [0.3, 0.4) is 0 Å². The number of rotatable bonds is 2. The van der Waals surface area contributed by atoms with E-state index >= 15 is 0 Å². The molecule has 0 saturated heterocycles. The summed E-state index contributed by atoms with van der Waals surface area (Å²) in [4.78, 5) is 0. The zero-order valence-electron chi connectivity index (χ0n) is 9.67. The Kier molecular flexibility index (Phi) is 3.24. The summed E-state index contributed by atoms with van der Waals surface area (Å²) in [5.74, 6) is -1.07. The van der Waals surface area contributed by atoms with Crippen molar-refractivity contribution in [2.45, 2.75) is 6.92 Å². The molecule has 1 N–H and O–H groups in total. The van der Waals surface area contributed by atoms with Gasteiger partial charge in [-0.15, -0.1) is 0 Å². The molecule has 4 heteroatoms. The third kappa shape index (κ3) is 2.30. The maximum Gasteiger partial charge on any atom is 0.146 e. The molecule has 0 aliphatic carbocycles. The summed E-state index contributed by atoms with van der Waals surface area (Å²) in [5, 5.41) is 11.6. The van der Waals surface area contributed by atoms with Gasteiger partial charge in [0.15, 0.2) is 0 Å². The zero-order chi connectivity index (χ0) is 13.1. The van der Waals surface area contributed by atoms with E-state index in [0.29, 0.717) is 0 Å². The first kappa shape index (κ1) is 12.1.